The van der Waals surface area contributed by atoms with Gasteiger partial charge in [-0.05, 0) is 96.9 Å². The molecule has 0 saturated carbocycles. The van der Waals surface area contributed by atoms with E-state index in [0.717, 1.165) is 13.0 Å². The molecule has 0 saturated heterocycles. The van der Waals surface area contributed by atoms with Gasteiger partial charge in [-0.25, -0.2) is 0 Å². The SMILES string of the molecule is Cc1cc(-c2c(C)c(C)cc3c2Cc2ccccc2-3)ccc1CN(C)C. The van der Waals surface area contributed by atoms with Crippen LogP contribution in [0.4, 0.5) is 0 Å². The van der Waals surface area contributed by atoms with Gasteiger partial charge in [0.05, 0.1) is 0 Å². The Morgan fingerprint density at radius 3 is 2.35 bits per heavy atom. The molecular weight excluding hydrogens is 314 g/mol. The highest BCUT2D eigenvalue weighted by Crippen LogP contribution is 2.44. The Kier molecular flexibility index (Phi) is 4.20. The molecule has 26 heavy (non-hydrogen) atoms. The van der Waals surface area contributed by atoms with Crippen LogP contribution in [0, 0.1) is 20.8 Å². The molecule has 0 unspecified atom stereocenters. The molecule has 3 aromatic rings. The number of hydrogen-bond acceptors (Lipinski definition) is 1. The summed E-state index contributed by atoms with van der Waals surface area (Å²) < 4.78 is 0. The van der Waals surface area contributed by atoms with Gasteiger partial charge in [-0.3, -0.25) is 0 Å². The summed E-state index contributed by atoms with van der Waals surface area (Å²) in [4.78, 5) is 2.23. The smallest absolute Gasteiger partial charge is 0.0230 e. The number of hydrogen-bond donors (Lipinski definition) is 0. The van der Waals surface area contributed by atoms with Gasteiger partial charge in [0.15, 0.2) is 0 Å². The Labute approximate surface area is 157 Å². The molecule has 1 nitrogen and oxygen atoms in total. The van der Waals surface area contributed by atoms with Crippen LogP contribution in [0.15, 0.2) is 48.5 Å². The lowest BCUT2D eigenvalue weighted by Crippen LogP contribution is -2.11. The van der Waals surface area contributed by atoms with E-state index < -0.39 is 0 Å². The highest BCUT2D eigenvalue weighted by Gasteiger charge is 2.24. The maximum atomic E-state index is 2.38. The van der Waals surface area contributed by atoms with Gasteiger partial charge < -0.3 is 4.90 Å². The number of aryl methyl sites for hydroxylation is 2. The standard InChI is InChI=1S/C25H27N/c1-16-13-23-22-9-7-6-8-19(22)14-24(23)25(18(16)3)20-10-11-21(15-26(4)5)17(2)12-20/h6-13H,14-15H2,1-5H3. The normalized spacial score (nSPS) is 12.4. The molecule has 0 atom stereocenters. The second-order valence-corrected chi connectivity index (χ2v) is 7.93. The lowest BCUT2D eigenvalue weighted by Gasteiger charge is -2.18. The van der Waals surface area contributed by atoms with Crippen molar-refractivity contribution in [1.82, 2.24) is 4.90 Å². The molecule has 0 heterocycles. The third-order valence-electron chi connectivity index (χ3n) is 5.75. The monoisotopic (exact) mass is 341 g/mol. The molecule has 0 aliphatic heterocycles. The fourth-order valence-corrected chi connectivity index (χ4v) is 4.28. The van der Waals surface area contributed by atoms with Crippen LogP contribution in [-0.2, 0) is 13.0 Å². The maximum absolute atomic E-state index is 2.38. The Hall–Kier alpha value is -2.38. The van der Waals surface area contributed by atoms with Crippen molar-refractivity contribution in [2.24, 2.45) is 0 Å². The van der Waals surface area contributed by atoms with Gasteiger partial charge in [-0.1, -0.05) is 48.5 Å². The summed E-state index contributed by atoms with van der Waals surface area (Å²) in [6.45, 7) is 7.75. The Morgan fingerprint density at radius 2 is 1.62 bits per heavy atom. The van der Waals surface area contributed by atoms with Crippen LogP contribution >= 0.6 is 0 Å². The first-order chi connectivity index (χ1) is 12.5. The number of benzene rings is 3. The predicted molar refractivity (Wildman–Crippen MR) is 112 cm³/mol. The lowest BCUT2D eigenvalue weighted by atomic mass is 9.87. The summed E-state index contributed by atoms with van der Waals surface area (Å²) in [5, 5.41) is 0. The first-order valence-electron chi connectivity index (χ1n) is 9.41. The highest BCUT2D eigenvalue weighted by molar-refractivity contribution is 5.87. The topological polar surface area (TPSA) is 3.24 Å². The number of fused-ring (bicyclic) bond motifs is 3. The first kappa shape index (κ1) is 17.1. The fourth-order valence-electron chi connectivity index (χ4n) is 4.28. The average Bonchev–Trinajstić information content (AvgIpc) is 2.95. The Bertz CT molecular complexity index is 995. The van der Waals surface area contributed by atoms with Gasteiger partial charge in [0.2, 0.25) is 0 Å². The summed E-state index contributed by atoms with van der Waals surface area (Å²) in [5.41, 5.74) is 14.2. The molecule has 0 amide bonds. The third-order valence-corrected chi connectivity index (χ3v) is 5.75. The fraction of sp³-hybridized carbons (Fsp3) is 0.280. The quantitative estimate of drug-likeness (QED) is 0.447. The van der Waals surface area contributed by atoms with Crippen LogP contribution in [0.2, 0.25) is 0 Å². The van der Waals surface area contributed by atoms with Crippen LogP contribution in [-0.4, -0.2) is 19.0 Å². The van der Waals surface area contributed by atoms with Gasteiger partial charge in [-0.15, -0.1) is 0 Å². The molecule has 0 aromatic heterocycles. The van der Waals surface area contributed by atoms with E-state index in [9.17, 15) is 0 Å². The Balaban J connectivity index is 1.88. The molecule has 4 rings (SSSR count). The molecule has 3 aromatic carbocycles. The second-order valence-electron chi connectivity index (χ2n) is 7.93. The number of rotatable bonds is 3. The minimum Gasteiger partial charge on any atom is -0.305 e. The summed E-state index contributed by atoms with van der Waals surface area (Å²) >= 11 is 0. The van der Waals surface area contributed by atoms with Gasteiger partial charge in [0.1, 0.15) is 0 Å². The minimum atomic E-state index is 0.989. The molecule has 0 spiro atoms. The summed E-state index contributed by atoms with van der Waals surface area (Å²) in [7, 11) is 4.25. The average molecular weight is 341 g/mol. The van der Waals surface area contributed by atoms with Crippen molar-refractivity contribution in [1.29, 1.82) is 0 Å². The van der Waals surface area contributed by atoms with Crippen molar-refractivity contribution in [2.75, 3.05) is 14.1 Å². The second kappa shape index (κ2) is 6.41. The highest BCUT2D eigenvalue weighted by atomic mass is 15.0. The summed E-state index contributed by atoms with van der Waals surface area (Å²) in [6.07, 6.45) is 1.04. The van der Waals surface area contributed by atoms with Gasteiger partial charge >= 0.3 is 0 Å². The summed E-state index contributed by atoms with van der Waals surface area (Å²) in [5.74, 6) is 0. The van der Waals surface area contributed by atoms with E-state index in [2.05, 4.69) is 88.3 Å². The molecular formula is C25H27N. The van der Waals surface area contributed by atoms with E-state index >= 15 is 0 Å². The van der Waals surface area contributed by atoms with Crippen LogP contribution < -0.4 is 0 Å². The molecule has 1 aliphatic rings. The molecule has 1 aliphatic carbocycles. The number of nitrogens with zero attached hydrogens (tertiary/aromatic N) is 1. The van der Waals surface area contributed by atoms with Crippen molar-refractivity contribution in [3.63, 3.8) is 0 Å². The van der Waals surface area contributed by atoms with E-state index in [0.29, 0.717) is 0 Å². The summed E-state index contributed by atoms with van der Waals surface area (Å²) in [6, 6.07) is 18.2. The van der Waals surface area contributed by atoms with E-state index in [1.165, 1.54) is 55.6 Å². The van der Waals surface area contributed by atoms with Crippen molar-refractivity contribution < 1.29 is 0 Å². The van der Waals surface area contributed by atoms with Gasteiger partial charge in [0.25, 0.3) is 0 Å². The lowest BCUT2D eigenvalue weighted by molar-refractivity contribution is 0.401. The first-order valence-corrected chi connectivity index (χ1v) is 9.41. The Morgan fingerprint density at radius 1 is 0.846 bits per heavy atom. The minimum absolute atomic E-state index is 0.989. The molecule has 0 fully saturated rings. The van der Waals surface area contributed by atoms with Crippen LogP contribution in [0.3, 0.4) is 0 Å². The van der Waals surface area contributed by atoms with E-state index in [1.54, 1.807) is 0 Å². The zero-order valence-corrected chi connectivity index (χ0v) is 16.5. The van der Waals surface area contributed by atoms with Crippen molar-refractivity contribution in [2.45, 2.75) is 33.7 Å². The van der Waals surface area contributed by atoms with E-state index in [4.69, 9.17) is 0 Å². The van der Waals surface area contributed by atoms with E-state index in [1.807, 2.05) is 0 Å². The van der Waals surface area contributed by atoms with Gasteiger partial charge in [0, 0.05) is 6.54 Å². The van der Waals surface area contributed by atoms with Crippen molar-refractivity contribution >= 4 is 0 Å². The molecule has 0 bridgehead atoms. The third kappa shape index (κ3) is 2.77. The molecule has 132 valence electrons. The zero-order chi connectivity index (χ0) is 18.4. The van der Waals surface area contributed by atoms with E-state index in [-0.39, 0.29) is 0 Å². The van der Waals surface area contributed by atoms with Crippen LogP contribution in [0.5, 0.6) is 0 Å². The maximum Gasteiger partial charge on any atom is 0.0230 e. The predicted octanol–water partition coefficient (Wildman–Crippen LogP) is 5.91. The zero-order valence-electron chi connectivity index (χ0n) is 16.5. The molecule has 1 heteroatoms. The molecule has 0 N–H and O–H groups in total. The van der Waals surface area contributed by atoms with Gasteiger partial charge in [-0.2, -0.15) is 0 Å². The van der Waals surface area contributed by atoms with Crippen molar-refractivity contribution in [3.8, 4) is 22.3 Å². The van der Waals surface area contributed by atoms with Crippen LogP contribution in [0.25, 0.3) is 22.3 Å². The van der Waals surface area contributed by atoms with Crippen LogP contribution in [0.1, 0.15) is 33.4 Å². The largest absolute Gasteiger partial charge is 0.305 e. The van der Waals surface area contributed by atoms with Crippen molar-refractivity contribution in [3.05, 3.63) is 81.9 Å². The molecule has 0 radical (unpaired) electrons.